The monoisotopic (exact) mass is 169 g/mol. The Morgan fingerprint density at radius 2 is 2.42 bits per heavy atom. The number of hydrogen-bond acceptors (Lipinski definition) is 3. The summed E-state index contributed by atoms with van der Waals surface area (Å²) in [7, 11) is 1.30. The third kappa shape index (κ3) is 1.64. The zero-order valence-corrected chi connectivity index (χ0v) is 6.92. The maximum Gasteiger partial charge on any atom is 0.328 e. The van der Waals surface area contributed by atoms with E-state index in [1.165, 1.54) is 7.11 Å². The minimum absolute atomic E-state index is 0.253. The number of ether oxygens (including phenoxy) is 1. The van der Waals surface area contributed by atoms with Crippen molar-refractivity contribution in [2.24, 2.45) is 0 Å². The van der Waals surface area contributed by atoms with Crippen molar-refractivity contribution in [3.8, 4) is 0 Å². The van der Waals surface area contributed by atoms with E-state index in [1.807, 2.05) is 0 Å². The van der Waals surface area contributed by atoms with E-state index < -0.39 is 12.0 Å². The SMILES string of the molecule is C=C1CCC(C(=O)OC)NC1=O. The minimum Gasteiger partial charge on any atom is -0.467 e. The van der Waals surface area contributed by atoms with Gasteiger partial charge >= 0.3 is 5.97 Å². The molecule has 0 spiro atoms. The van der Waals surface area contributed by atoms with E-state index in [9.17, 15) is 9.59 Å². The van der Waals surface area contributed by atoms with Gasteiger partial charge in [-0.05, 0) is 12.8 Å². The molecule has 1 heterocycles. The molecule has 0 aliphatic carbocycles. The van der Waals surface area contributed by atoms with Crippen LogP contribution < -0.4 is 5.32 Å². The summed E-state index contributed by atoms with van der Waals surface area (Å²) in [5, 5.41) is 2.50. The molecule has 1 atom stereocenters. The van der Waals surface area contributed by atoms with Crippen molar-refractivity contribution in [1.82, 2.24) is 5.32 Å². The Morgan fingerprint density at radius 3 is 2.92 bits per heavy atom. The van der Waals surface area contributed by atoms with Crippen LogP contribution in [0.2, 0.25) is 0 Å². The van der Waals surface area contributed by atoms with E-state index in [0.29, 0.717) is 18.4 Å². The Morgan fingerprint density at radius 1 is 1.75 bits per heavy atom. The number of hydrogen-bond donors (Lipinski definition) is 1. The Labute approximate surface area is 70.6 Å². The van der Waals surface area contributed by atoms with Crippen LogP contribution >= 0.6 is 0 Å². The first-order valence-corrected chi connectivity index (χ1v) is 3.71. The Bertz CT molecular complexity index is 234. The first kappa shape index (κ1) is 8.77. The molecule has 0 bridgehead atoms. The Balaban J connectivity index is 2.56. The number of carbonyl (C=O) groups excluding carboxylic acids is 2. The molecule has 0 aromatic heterocycles. The number of methoxy groups -OCH3 is 1. The highest BCUT2D eigenvalue weighted by Crippen LogP contribution is 2.13. The van der Waals surface area contributed by atoms with Gasteiger partial charge < -0.3 is 10.1 Å². The number of esters is 1. The molecule has 12 heavy (non-hydrogen) atoms. The fourth-order valence-corrected chi connectivity index (χ4v) is 1.08. The van der Waals surface area contributed by atoms with Crippen molar-refractivity contribution < 1.29 is 14.3 Å². The summed E-state index contributed by atoms with van der Waals surface area (Å²) in [5.41, 5.74) is 0.523. The zero-order chi connectivity index (χ0) is 9.14. The molecule has 0 saturated carbocycles. The van der Waals surface area contributed by atoms with Gasteiger partial charge in [-0.15, -0.1) is 0 Å². The first-order chi connectivity index (χ1) is 5.65. The highest BCUT2D eigenvalue weighted by Gasteiger charge is 2.27. The summed E-state index contributed by atoms with van der Waals surface area (Å²) in [6.45, 7) is 3.55. The van der Waals surface area contributed by atoms with Gasteiger partial charge in [-0.3, -0.25) is 4.79 Å². The summed E-state index contributed by atoms with van der Waals surface area (Å²) in [6.07, 6.45) is 1.14. The van der Waals surface area contributed by atoms with E-state index in [0.717, 1.165) is 0 Å². The lowest BCUT2D eigenvalue weighted by molar-refractivity contribution is -0.145. The van der Waals surface area contributed by atoms with Gasteiger partial charge in [0.2, 0.25) is 5.91 Å². The smallest absolute Gasteiger partial charge is 0.328 e. The topological polar surface area (TPSA) is 55.4 Å². The predicted molar refractivity (Wildman–Crippen MR) is 42.3 cm³/mol. The summed E-state index contributed by atoms with van der Waals surface area (Å²) in [5.74, 6) is -0.646. The van der Waals surface area contributed by atoms with Crippen molar-refractivity contribution in [1.29, 1.82) is 0 Å². The van der Waals surface area contributed by atoms with Gasteiger partial charge in [-0.1, -0.05) is 6.58 Å². The normalized spacial score (nSPS) is 23.2. The lowest BCUT2D eigenvalue weighted by Crippen LogP contribution is -2.45. The summed E-state index contributed by atoms with van der Waals surface area (Å²) < 4.78 is 4.49. The number of rotatable bonds is 1. The van der Waals surface area contributed by atoms with Gasteiger partial charge in [-0.25, -0.2) is 4.79 Å². The van der Waals surface area contributed by atoms with Crippen molar-refractivity contribution in [2.45, 2.75) is 18.9 Å². The van der Waals surface area contributed by atoms with E-state index in [-0.39, 0.29) is 5.91 Å². The zero-order valence-electron chi connectivity index (χ0n) is 6.92. The molecule has 4 nitrogen and oxygen atoms in total. The van der Waals surface area contributed by atoms with Crippen LogP contribution in [0.4, 0.5) is 0 Å². The second-order valence-corrected chi connectivity index (χ2v) is 2.69. The molecular weight excluding hydrogens is 158 g/mol. The molecule has 1 amide bonds. The van der Waals surface area contributed by atoms with Gasteiger partial charge in [0.1, 0.15) is 6.04 Å². The third-order valence-corrected chi connectivity index (χ3v) is 1.85. The molecule has 0 radical (unpaired) electrons. The maximum absolute atomic E-state index is 11.0. The van der Waals surface area contributed by atoms with Gasteiger partial charge in [0.25, 0.3) is 0 Å². The summed E-state index contributed by atoms with van der Waals surface area (Å²) in [4.78, 5) is 22.0. The lowest BCUT2D eigenvalue weighted by Gasteiger charge is -2.21. The number of carbonyl (C=O) groups is 2. The van der Waals surface area contributed by atoms with E-state index in [2.05, 4.69) is 16.6 Å². The quantitative estimate of drug-likeness (QED) is 0.444. The van der Waals surface area contributed by atoms with Crippen molar-refractivity contribution >= 4 is 11.9 Å². The first-order valence-electron chi connectivity index (χ1n) is 3.71. The van der Waals surface area contributed by atoms with Crippen LogP contribution in [0.25, 0.3) is 0 Å². The van der Waals surface area contributed by atoms with E-state index >= 15 is 0 Å². The van der Waals surface area contributed by atoms with E-state index in [4.69, 9.17) is 0 Å². The maximum atomic E-state index is 11.0. The van der Waals surface area contributed by atoms with Gasteiger partial charge in [0.15, 0.2) is 0 Å². The predicted octanol–water partition coefficient (Wildman–Crippen LogP) is -0.00580. The second-order valence-electron chi connectivity index (χ2n) is 2.69. The molecule has 4 heteroatoms. The van der Waals surface area contributed by atoms with Crippen molar-refractivity contribution in [3.63, 3.8) is 0 Å². The third-order valence-electron chi connectivity index (χ3n) is 1.85. The molecule has 0 aromatic carbocycles. The summed E-state index contributed by atoms with van der Waals surface area (Å²) >= 11 is 0. The number of nitrogens with one attached hydrogen (secondary N) is 1. The molecule has 66 valence electrons. The molecule has 1 fully saturated rings. The molecule has 1 N–H and O–H groups in total. The van der Waals surface area contributed by atoms with Gasteiger partial charge in [0.05, 0.1) is 7.11 Å². The summed E-state index contributed by atoms with van der Waals surface area (Å²) in [6, 6.07) is -0.493. The average Bonchev–Trinajstić information content (AvgIpc) is 2.08. The number of piperidine rings is 1. The van der Waals surface area contributed by atoms with Crippen LogP contribution in [-0.4, -0.2) is 25.0 Å². The second kappa shape index (κ2) is 3.38. The molecule has 1 saturated heterocycles. The molecule has 1 aliphatic rings. The van der Waals surface area contributed by atoms with Crippen molar-refractivity contribution in [2.75, 3.05) is 7.11 Å². The number of amides is 1. The van der Waals surface area contributed by atoms with Crippen LogP contribution in [0.1, 0.15) is 12.8 Å². The lowest BCUT2D eigenvalue weighted by atomic mass is 10.0. The highest BCUT2D eigenvalue weighted by molar-refractivity contribution is 5.96. The largest absolute Gasteiger partial charge is 0.467 e. The highest BCUT2D eigenvalue weighted by atomic mass is 16.5. The van der Waals surface area contributed by atoms with Gasteiger partial charge in [-0.2, -0.15) is 0 Å². The average molecular weight is 169 g/mol. The van der Waals surface area contributed by atoms with Crippen LogP contribution in [0.15, 0.2) is 12.2 Å². The Kier molecular flexibility index (Phi) is 2.47. The van der Waals surface area contributed by atoms with Gasteiger partial charge in [0, 0.05) is 5.57 Å². The van der Waals surface area contributed by atoms with Crippen LogP contribution in [0.5, 0.6) is 0 Å². The molecular formula is C8H11NO3. The standard InChI is InChI=1S/C8H11NO3/c1-5-3-4-6(8(11)12-2)9-7(5)10/h6H,1,3-4H2,2H3,(H,9,10). The fraction of sp³-hybridized carbons (Fsp3) is 0.500. The van der Waals surface area contributed by atoms with Crippen LogP contribution in [0, 0.1) is 0 Å². The van der Waals surface area contributed by atoms with Crippen LogP contribution in [-0.2, 0) is 14.3 Å². The Hall–Kier alpha value is -1.32. The molecule has 0 aromatic rings. The molecule has 1 aliphatic heterocycles. The van der Waals surface area contributed by atoms with Crippen LogP contribution in [0.3, 0.4) is 0 Å². The molecule has 1 unspecified atom stereocenters. The fourth-order valence-electron chi connectivity index (χ4n) is 1.08. The minimum atomic E-state index is -0.493. The van der Waals surface area contributed by atoms with Crippen molar-refractivity contribution in [3.05, 3.63) is 12.2 Å². The van der Waals surface area contributed by atoms with E-state index in [1.54, 1.807) is 0 Å². The molecule has 1 rings (SSSR count).